The topological polar surface area (TPSA) is 60.9 Å². The van der Waals surface area contributed by atoms with Gasteiger partial charge in [-0.3, -0.25) is 14.5 Å². The Morgan fingerprint density at radius 3 is 2.21 bits per heavy atom. The number of aliphatic carboxylic acids is 1. The molecule has 0 saturated carbocycles. The number of carboxylic acids is 1. The van der Waals surface area contributed by atoms with Gasteiger partial charge < -0.3 is 10.0 Å². The summed E-state index contributed by atoms with van der Waals surface area (Å²) in [5.74, 6) is -1.24. The van der Waals surface area contributed by atoms with E-state index in [1.54, 1.807) is 24.3 Å². The minimum Gasteiger partial charge on any atom is -0.480 e. The van der Waals surface area contributed by atoms with Crippen molar-refractivity contribution < 1.29 is 14.7 Å². The number of rotatable bonds is 6. The maximum Gasteiger partial charge on any atom is 0.323 e. The number of hydrogen-bond acceptors (Lipinski definition) is 3. The minimum absolute atomic E-state index is 0.194. The summed E-state index contributed by atoms with van der Waals surface area (Å²) in [6.07, 6.45) is 0. The van der Waals surface area contributed by atoms with Crippen LogP contribution in [0.4, 0.5) is 5.69 Å². The van der Waals surface area contributed by atoms with Gasteiger partial charge in [-0.05, 0) is 33.0 Å². The molecule has 1 aromatic carbocycles. The highest BCUT2D eigenvalue weighted by atomic mass is 16.4. The van der Waals surface area contributed by atoms with Crippen molar-refractivity contribution in [3.63, 3.8) is 0 Å². The highest BCUT2D eigenvalue weighted by Gasteiger charge is 2.20. The van der Waals surface area contributed by atoms with Crippen LogP contribution in [0.3, 0.4) is 0 Å². The molecule has 5 heteroatoms. The normalized spacial score (nSPS) is 10.8. The molecule has 5 nitrogen and oxygen atoms in total. The predicted molar refractivity (Wildman–Crippen MR) is 74.2 cm³/mol. The number of hydrogen-bond donors (Lipinski definition) is 1. The van der Waals surface area contributed by atoms with E-state index >= 15 is 0 Å². The molecule has 0 unspecified atom stereocenters. The molecule has 0 aliphatic rings. The van der Waals surface area contributed by atoms with Gasteiger partial charge in [-0.2, -0.15) is 0 Å². The van der Waals surface area contributed by atoms with Crippen LogP contribution in [-0.2, 0) is 9.59 Å². The van der Waals surface area contributed by atoms with Crippen molar-refractivity contribution in [2.45, 2.75) is 19.9 Å². The average molecular weight is 264 g/mol. The zero-order valence-corrected chi connectivity index (χ0v) is 11.5. The third kappa shape index (κ3) is 4.71. The van der Waals surface area contributed by atoms with Crippen molar-refractivity contribution in [2.75, 3.05) is 25.0 Å². The van der Waals surface area contributed by atoms with Crippen LogP contribution in [0.2, 0.25) is 0 Å². The van der Waals surface area contributed by atoms with Gasteiger partial charge in [0.15, 0.2) is 0 Å². The molecule has 1 amide bonds. The molecule has 0 spiro atoms. The molecule has 1 N–H and O–H groups in total. The lowest BCUT2D eigenvalue weighted by Crippen LogP contribution is -2.43. The van der Waals surface area contributed by atoms with Crippen molar-refractivity contribution in [3.05, 3.63) is 30.3 Å². The molecule has 0 aromatic heterocycles. The lowest BCUT2D eigenvalue weighted by molar-refractivity contribution is -0.136. The van der Waals surface area contributed by atoms with Crippen LogP contribution in [0.1, 0.15) is 13.8 Å². The molecule has 0 aliphatic carbocycles. The van der Waals surface area contributed by atoms with Crippen LogP contribution < -0.4 is 4.90 Å². The molecule has 0 bridgehead atoms. The molecule has 0 atom stereocenters. The van der Waals surface area contributed by atoms with Gasteiger partial charge in [-0.1, -0.05) is 18.2 Å². The highest BCUT2D eigenvalue weighted by molar-refractivity contribution is 5.98. The zero-order chi connectivity index (χ0) is 14.4. The lowest BCUT2D eigenvalue weighted by Gasteiger charge is -2.26. The zero-order valence-electron chi connectivity index (χ0n) is 11.5. The Kier molecular flexibility index (Phi) is 5.51. The van der Waals surface area contributed by atoms with Crippen LogP contribution in [-0.4, -0.2) is 48.1 Å². The van der Waals surface area contributed by atoms with Gasteiger partial charge in [0.2, 0.25) is 5.91 Å². The predicted octanol–water partition coefficient (Wildman–Crippen LogP) is 1.44. The van der Waals surface area contributed by atoms with E-state index in [4.69, 9.17) is 5.11 Å². The first-order valence-electron chi connectivity index (χ1n) is 6.19. The molecule has 19 heavy (non-hydrogen) atoms. The second-order valence-electron chi connectivity index (χ2n) is 4.72. The summed E-state index contributed by atoms with van der Waals surface area (Å²) in [5, 5.41) is 8.93. The smallest absolute Gasteiger partial charge is 0.323 e. The number of carboxylic acid groups (broad SMARTS) is 1. The van der Waals surface area contributed by atoms with Crippen molar-refractivity contribution in [1.29, 1.82) is 0 Å². The lowest BCUT2D eigenvalue weighted by atomic mass is 10.2. The van der Waals surface area contributed by atoms with Crippen molar-refractivity contribution in [2.24, 2.45) is 0 Å². The Labute approximate surface area is 113 Å². The van der Waals surface area contributed by atoms with Gasteiger partial charge in [-0.25, -0.2) is 0 Å². The third-order valence-electron chi connectivity index (χ3n) is 2.93. The van der Waals surface area contributed by atoms with Crippen LogP contribution in [0.5, 0.6) is 0 Å². The SMILES string of the molecule is CC(C)N(C)CC(=O)N(CC(=O)O)c1ccccc1. The molecule has 0 heterocycles. The molecule has 1 rings (SSSR count). The summed E-state index contributed by atoms with van der Waals surface area (Å²) < 4.78 is 0. The molecule has 0 fully saturated rings. The Morgan fingerprint density at radius 2 is 1.74 bits per heavy atom. The fourth-order valence-electron chi connectivity index (χ4n) is 1.55. The van der Waals surface area contributed by atoms with E-state index in [2.05, 4.69) is 0 Å². The Morgan fingerprint density at radius 1 is 1.16 bits per heavy atom. The van der Waals surface area contributed by atoms with E-state index in [-0.39, 0.29) is 25.0 Å². The van der Waals surface area contributed by atoms with Gasteiger partial charge in [0.25, 0.3) is 0 Å². The molecule has 0 radical (unpaired) electrons. The largest absolute Gasteiger partial charge is 0.480 e. The van der Waals surface area contributed by atoms with Gasteiger partial charge in [0.1, 0.15) is 6.54 Å². The van der Waals surface area contributed by atoms with Crippen LogP contribution in [0.15, 0.2) is 30.3 Å². The highest BCUT2D eigenvalue weighted by Crippen LogP contribution is 2.13. The standard InChI is InChI=1S/C14H20N2O3/c1-11(2)15(3)9-13(17)16(10-14(18)19)12-7-5-4-6-8-12/h4-8,11H,9-10H2,1-3H3,(H,18,19). The van der Waals surface area contributed by atoms with Crippen LogP contribution in [0.25, 0.3) is 0 Å². The van der Waals surface area contributed by atoms with E-state index in [9.17, 15) is 9.59 Å². The Bertz CT molecular complexity index is 432. The fourth-order valence-corrected chi connectivity index (χ4v) is 1.55. The number of carbonyl (C=O) groups is 2. The van der Waals surface area contributed by atoms with Crippen molar-refractivity contribution >= 4 is 17.6 Å². The van der Waals surface area contributed by atoms with Crippen LogP contribution in [0, 0.1) is 0 Å². The summed E-state index contributed by atoms with van der Waals surface area (Å²) >= 11 is 0. The summed E-state index contributed by atoms with van der Waals surface area (Å²) in [7, 11) is 1.84. The molecular weight excluding hydrogens is 244 g/mol. The Balaban J connectivity index is 2.86. The summed E-state index contributed by atoms with van der Waals surface area (Å²) in [6, 6.07) is 9.08. The quantitative estimate of drug-likeness (QED) is 0.844. The van der Waals surface area contributed by atoms with E-state index < -0.39 is 5.97 Å². The number of carbonyl (C=O) groups excluding carboxylic acids is 1. The molecule has 0 saturated heterocycles. The van der Waals surface area contributed by atoms with Gasteiger partial charge in [0.05, 0.1) is 6.54 Å². The first-order chi connectivity index (χ1) is 8.91. The third-order valence-corrected chi connectivity index (χ3v) is 2.93. The fraction of sp³-hybridized carbons (Fsp3) is 0.429. The van der Waals surface area contributed by atoms with E-state index in [1.807, 2.05) is 31.9 Å². The number of amides is 1. The van der Waals surface area contributed by atoms with Crippen molar-refractivity contribution in [1.82, 2.24) is 4.90 Å². The number of likely N-dealkylation sites (N-methyl/N-ethyl adjacent to an activating group) is 1. The molecule has 1 aromatic rings. The second kappa shape index (κ2) is 6.89. The summed E-state index contributed by atoms with van der Waals surface area (Å²) in [5.41, 5.74) is 0.604. The molecule has 104 valence electrons. The van der Waals surface area contributed by atoms with Gasteiger partial charge >= 0.3 is 5.97 Å². The van der Waals surface area contributed by atoms with E-state index in [0.29, 0.717) is 5.69 Å². The number of para-hydroxylation sites is 1. The first-order valence-corrected chi connectivity index (χ1v) is 6.19. The van der Waals surface area contributed by atoms with Crippen molar-refractivity contribution in [3.8, 4) is 0 Å². The monoisotopic (exact) mass is 264 g/mol. The number of nitrogens with zero attached hydrogens (tertiary/aromatic N) is 2. The number of benzene rings is 1. The van der Waals surface area contributed by atoms with Gasteiger partial charge in [-0.15, -0.1) is 0 Å². The Hall–Kier alpha value is -1.88. The maximum atomic E-state index is 12.2. The van der Waals surface area contributed by atoms with E-state index in [0.717, 1.165) is 0 Å². The number of anilines is 1. The van der Waals surface area contributed by atoms with Gasteiger partial charge in [0, 0.05) is 11.7 Å². The van der Waals surface area contributed by atoms with Crippen LogP contribution >= 0.6 is 0 Å². The minimum atomic E-state index is -1.02. The first kappa shape index (κ1) is 15.2. The molecule has 0 aliphatic heterocycles. The van der Waals surface area contributed by atoms with E-state index in [1.165, 1.54) is 4.90 Å². The maximum absolute atomic E-state index is 12.2. The average Bonchev–Trinajstić information content (AvgIpc) is 2.36. The summed E-state index contributed by atoms with van der Waals surface area (Å²) in [6.45, 7) is 3.84. The second-order valence-corrected chi connectivity index (χ2v) is 4.72. The molecular formula is C14H20N2O3. The summed E-state index contributed by atoms with van der Waals surface area (Å²) in [4.78, 5) is 26.3.